The van der Waals surface area contributed by atoms with Crippen LogP contribution in [0.5, 0.6) is 0 Å². The summed E-state index contributed by atoms with van der Waals surface area (Å²) in [5, 5.41) is 6.72. The van der Waals surface area contributed by atoms with E-state index in [1.807, 2.05) is 0 Å². The van der Waals surface area contributed by atoms with Crippen molar-refractivity contribution in [2.75, 3.05) is 32.8 Å². The van der Waals surface area contributed by atoms with E-state index in [0.717, 1.165) is 51.2 Å². The normalized spacial score (nSPS) is 23.1. The highest BCUT2D eigenvalue weighted by Crippen LogP contribution is 2.28. The molecule has 0 radical (unpaired) electrons. The highest BCUT2D eigenvalue weighted by molar-refractivity contribution is 4.80. The van der Waals surface area contributed by atoms with Gasteiger partial charge in [0.05, 0.1) is 0 Å². The fraction of sp³-hybridized carbons (Fsp3) is 1.00. The molecule has 76 valence electrons. The SMILES string of the molecule is C(CNC1CNC1)COCC1CC1. The van der Waals surface area contributed by atoms with Gasteiger partial charge in [-0.3, -0.25) is 0 Å². The standard InChI is InChI=1S/C10H20N2O/c1(4-12-10-6-11-7-10)5-13-8-9-2-3-9/h9-12H,1-8H2. The summed E-state index contributed by atoms with van der Waals surface area (Å²) in [6, 6.07) is 0.725. The lowest BCUT2D eigenvalue weighted by atomic mass is 10.2. The molecular weight excluding hydrogens is 164 g/mol. The summed E-state index contributed by atoms with van der Waals surface area (Å²) in [6.07, 6.45) is 3.95. The van der Waals surface area contributed by atoms with Gasteiger partial charge in [0.2, 0.25) is 0 Å². The van der Waals surface area contributed by atoms with E-state index in [4.69, 9.17) is 4.74 Å². The number of hydrogen-bond donors (Lipinski definition) is 2. The molecule has 2 fully saturated rings. The van der Waals surface area contributed by atoms with E-state index in [-0.39, 0.29) is 0 Å². The van der Waals surface area contributed by atoms with E-state index in [9.17, 15) is 0 Å². The van der Waals surface area contributed by atoms with E-state index in [0.29, 0.717) is 0 Å². The largest absolute Gasteiger partial charge is 0.381 e. The molecule has 1 heterocycles. The summed E-state index contributed by atoms with van der Waals surface area (Å²) in [5.41, 5.74) is 0. The van der Waals surface area contributed by atoms with Gasteiger partial charge < -0.3 is 15.4 Å². The molecule has 0 aromatic heterocycles. The second kappa shape index (κ2) is 4.94. The third kappa shape index (κ3) is 3.63. The van der Waals surface area contributed by atoms with Gasteiger partial charge in [0.15, 0.2) is 0 Å². The number of ether oxygens (including phenoxy) is 1. The van der Waals surface area contributed by atoms with Crippen LogP contribution in [0, 0.1) is 5.92 Å². The third-order valence-corrected chi connectivity index (χ3v) is 2.73. The maximum absolute atomic E-state index is 5.54. The van der Waals surface area contributed by atoms with E-state index in [1.165, 1.54) is 12.8 Å². The van der Waals surface area contributed by atoms with Crippen LogP contribution in [0.1, 0.15) is 19.3 Å². The number of rotatable bonds is 7. The van der Waals surface area contributed by atoms with Gasteiger partial charge in [0.1, 0.15) is 0 Å². The molecule has 1 aliphatic carbocycles. The molecule has 2 N–H and O–H groups in total. The summed E-state index contributed by atoms with van der Waals surface area (Å²) in [5.74, 6) is 0.906. The van der Waals surface area contributed by atoms with Crippen LogP contribution in [-0.4, -0.2) is 38.9 Å². The predicted molar refractivity (Wildman–Crippen MR) is 52.8 cm³/mol. The molecule has 3 nitrogen and oxygen atoms in total. The van der Waals surface area contributed by atoms with Crippen molar-refractivity contribution in [3.8, 4) is 0 Å². The molecule has 3 heteroatoms. The van der Waals surface area contributed by atoms with Crippen LogP contribution in [0.4, 0.5) is 0 Å². The molecule has 0 bridgehead atoms. The molecule has 13 heavy (non-hydrogen) atoms. The van der Waals surface area contributed by atoms with Crippen molar-refractivity contribution in [2.45, 2.75) is 25.3 Å². The zero-order valence-corrected chi connectivity index (χ0v) is 8.22. The minimum atomic E-state index is 0.725. The van der Waals surface area contributed by atoms with Gasteiger partial charge in [-0.25, -0.2) is 0 Å². The van der Waals surface area contributed by atoms with Crippen LogP contribution < -0.4 is 10.6 Å². The fourth-order valence-electron chi connectivity index (χ4n) is 1.45. The Labute approximate surface area is 80.2 Å². The van der Waals surface area contributed by atoms with E-state index in [1.54, 1.807) is 0 Å². The molecule has 0 aromatic rings. The Morgan fingerprint density at radius 3 is 2.77 bits per heavy atom. The third-order valence-electron chi connectivity index (χ3n) is 2.73. The lowest BCUT2D eigenvalue weighted by Crippen LogP contribution is -2.55. The lowest BCUT2D eigenvalue weighted by molar-refractivity contribution is 0.121. The number of nitrogens with one attached hydrogen (secondary N) is 2. The van der Waals surface area contributed by atoms with Gasteiger partial charge in [-0.05, 0) is 31.7 Å². The first-order valence-corrected chi connectivity index (χ1v) is 5.47. The first-order valence-electron chi connectivity index (χ1n) is 5.47. The summed E-state index contributed by atoms with van der Waals surface area (Å²) in [4.78, 5) is 0. The Hall–Kier alpha value is -0.120. The van der Waals surface area contributed by atoms with E-state index >= 15 is 0 Å². The average Bonchev–Trinajstić information content (AvgIpc) is 2.83. The predicted octanol–water partition coefficient (Wildman–Crippen LogP) is 0.364. The molecule has 0 unspecified atom stereocenters. The quantitative estimate of drug-likeness (QED) is 0.561. The van der Waals surface area contributed by atoms with Crippen molar-refractivity contribution in [2.24, 2.45) is 5.92 Å². The number of hydrogen-bond acceptors (Lipinski definition) is 3. The zero-order valence-electron chi connectivity index (χ0n) is 8.22. The first-order chi connectivity index (χ1) is 6.45. The second-order valence-electron chi connectivity index (χ2n) is 4.18. The van der Waals surface area contributed by atoms with E-state index in [2.05, 4.69) is 10.6 Å². The Morgan fingerprint density at radius 2 is 2.15 bits per heavy atom. The second-order valence-corrected chi connectivity index (χ2v) is 4.18. The molecule has 0 aromatic carbocycles. The maximum atomic E-state index is 5.54. The van der Waals surface area contributed by atoms with Gasteiger partial charge in [-0.15, -0.1) is 0 Å². The van der Waals surface area contributed by atoms with Crippen LogP contribution in [0.3, 0.4) is 0 Å². The Kier molecular flexibility index (Phi) is 3.58. The minimum absolute atomic E-state index is 0.725. The van der Waals surface area contributed by atoms with Crippen LogP contribution in [0.2, 0.25) is 0 Å². The first kappa shape index (κ1) is 9.44. The summed E-state index contributed by atoms with van der Waals surface area (Å²) in [7, 11) is 0. The van der Waals surface area contributed by atoms with Crippen LogP contribution in [0.15, 0.2) is 0 Å². The van der Waals surface area contributed by atoms with Crippen molar-refractivity contribution in [1.29, 1.82) is 0 Å². The topological polar surface area (TPSA) is 33.3 Å². The van der Waals surface area contributed by atoms with Crippen LogP contribution >= 0.6 is 0 Å². The molecule has 0 atom stereocenters. The van der Waals surface area contributed by atoms with Crippen molar-refractivity contribution in [3.63, 3.8) is 0 Å². The minimum Gasteiger partial charge on any atom is -0.381 e. The fourth-order valence-corrected chi connectivity index (χ4v) is 1.45. The van der Waals surface area contributed by atoms with Gasteiger partial charge >= 0.3 is 0 Å². The van der Waals surface area contributed by atoms with Gasteiger partial charge in [0.25, 0.3) is 0 Å². The van der Waals surface area contributed by atoms with Crippen molar-refractivity contribution in [3.05, 3.63) is 0 Å². The average molecular weight is 184 g/mol. The van der Waals surface area contributed by atoms with Crippen molar-refractivity contribution < 1.29 is 4.74 Å². The maximum Gasteiger partial charge on any atom is 0.0494 e. The summed E-state index contributed by atoms with van der Waals surface area (Å²) in [6.45, 7) is 5.33. The van der Waals surface area contributed by atoms with Crippen molar-refractivity contribution in [1.82, 2.24) is 10.6 Å². The highest BCUT2D eigenvalue weighted by atomic mass is 16.5. The molecular formula is C10H20N2O. The molecule has 1 aliphatic heterocycles. The van der Waals surface area contributed by atoms with E-state index < -0.39 is 0 Å². The molecule has 0 spiro atoms. The Bertz CT molecular complexity index is 144. The van der Waals surface area contributed by atoms with Crippen molar-refractivity contribution >= 4 is 0 Å². The molecule has 2 aliphatic rings. The summed E-state index contributed by atoms with van der Waals surface area (Å²) < 4.78 is 5.54. The monoisotopic (exact) mass is 184 g/mol. The lowest BCUT2D eigenvalue weighted by Gasteiger charge is -2.28. The highest BCUT2D eigenvalue weighted by Gasteiger charge is 2.20. The summed E-state index contributed by atoms with van der Waals surface area (Å²) >= 11 is 0. The smallest absolute Gasteiger partial charge is 0.0494 e. The molecule has 1 saturated carbocycles. The molecule has 1 saturated heterocycles. The Balaban J connectivity index is 1.32. The Morgan fingerprint density at radius 1 is 1.31 bits per heavy atom. The van der Waals surface area contributed by atoms with Gasteiger partial charge in [-0.1, -0.05) is 0 Å². The van der Waals surface area contributed by atoms with Gasteiger partial charge in [0, 0.05) is 32.3 Å². The molecule has 2 rings (SSSR count). The molecule has 0 amide bonds. The van der Waals surface area contributed by atoms with Crippen LogP contribution in [0.25, 0.3) is 0 Å². The van der Waals surface area contributed by atoms with Gasteiger partial charge in [-0.2, -0.15) is 0 Å². The zero-order chi connectivity index (χ0) is 8.93. The van der Waals surface area contributed by atoms with Crippen LogP contribution in [-0.2, 0) is 4.74 Å².